The van der Waals surface area contributed by atoms with Crippen LogP contribution in [-0.4, -0.2) is 26.3 Å². The Balaban J connectivity index is 1.62. The SMILES string of the molecule is COc1ccc(OCCNC(C)C2CCCC2)cc1. The lowest BCUT2D eigenvalue weighted by Gasteiger charge is -2.20. The molecule has 1 aliphatic carbocycles. The number of nitrogens with one attached hydrogen (secondary N) is 1. The van der Waals surface area contributed by atoms with Crippen molar-refractivity contribution in [3.63, 3.8) is 0 Å². The van der Waals surface area contributed by atoms with Gasteiger partial charge in [-0.05, 0) is 49.9 Å². The molecular weight excluding hydrogens is 238 g/mol. The maximum atomic E-state index is 5.70. The van der Waals surface area contributed by atoms with Crippen molar-refractivity contribution in [1.82, 2.24) is 5.32 Å². The third-order valence-corrected chi connectivity index (χ3v) is 4.00. The zero-order valence-corrected chi connectivity index (χ0v) is 12.0. The summed E-state index contributed by atoms with van der Waals surface area (Å²) in [5.74, 6) is 2.62. The molecule has 1 aliphatic rings. The van der Waals surface area contributed by atoms with Crippen molar-refractivity contribution in [1.29, 1.82) is 0 Å². The summed E-state index contributed by atoms with van der Waals surface area (Å²) in [6.45, 7) is 3.91. The minimum absolute atomic E-state index is 0.613. The molecule has 0 bridgehead atoms. The van der Waals surface area contributed by atoms with Crippen LogP contribution in [0.1, 0.15) is 32.6 Å². The lowest BCUT2D eigenvalue weighted by molar-refractivity contribution is 0.290. The van der Waals surface area contributed by atoms with Crippen LogP contribution in [0.3, 0.4) is 0 Å². The molecule has 0 aliphatic heterocycles. The highest BCUT2D eigenvalue weighted by atomic mass is 16.5. The average Bonchev–Trinajstić information content (AvgIpc) is 2.98. The minimum Gasteiger partial charge on any atom is -0.497 e. The number of ether oxygens (including phenoxy) is 2. The first kappa shape index (κ1) is 14.2. The van der Waals surface area contributed by atoms with Crippen molar-refractivity contribution in [3.05, 3.63) is 24.3 Å². The number of methoxy groups -OCH3 is 1. The third kappa shape index (κ3) is 4.43. The molecule has 1 N–H and O–H groups in total. The summed E-state index contributed by atoms with van der Waals surface area (Å²) >= 11 is 0. The fourth-order valence-corrected chi connectivity index (χ4v) is 2.75. The molecule has 0 aromatic heterocycles. The lowest BCUT2D eigenvalue weighted by atomic mass is 10.00. The molecule has 0 spiro atoms. The predicted octanol–water partition coefficient (Wildman–Crippen LogP) is 3.24. The Hall–Kier alpha value is -1.22. The fourth-order valence-electron chi connectivity index (χ4n) is 2.75. The molecule has 0 radical (unpaired) electrons. The van der Waals surface area contributed by atoms with Crippen molar-refractivity contribution >= 4 is 0 Å². The van der Waals surface area contributed by atoms with E-state index in [0.29, 0.717) is 12.6 Å². The van der Waals surface area contributed by atoms with Crippen LogP contribution >= 0.6 is 0 Å². The second kappa shape index (κ2) is 7.39. The number of hydrogen-bond acceptors (Lipinski definition) is 3. The molecule has 1 aromatic rings. The van der Waals surface area contributed by atoms with E-state index in [1.165, 1.54) is 25.7 Å². The van der Waals surface area contributed by atoms with Crippen LogP contribution < -0.4 is 14.8 Å². The van der Waals surface area contributed by atoms with Crippen LogP contribution in [-0.2, 0) is 0 Å². The summed E-state index contributed by atoms with van der Waals surface area (Å²) in [6, 6.07) is 8.34. The van der Waals surface area contributed by atoms with Gasteiger partial charge < -0.3 is 14.8 Å². The molecule has 1 unspecified atom stereocenters. The highest BCUT2D eigenvalue weighted by Gasteiger charge is 2.20. The molecule has 106 valence electrons. The largest absolute Gasteiger partial charge is 0.497 e. The van der Waals surface area contributed by atoms with Gasteiger partial charge in [-0.25, -0.2) is 0 Å². The molecule has 1 fully saturated rings. The van der Waals surface area contributed by atoms with Gasteiger partial charge in [-0.15, -0.1) is 0 Å². The van der Waals surface area contributed by atoms with Gasteiger partial charge in [0, 0.05) is 12.6 Å². The predicted molar refractivity (Wildman–Crippen MR) is 77.9 cm³/mol. The van der Waals surface area contributed by atoms with Crippen LogP contribution in [0.5, 0.6) is 11.5 Å². The van der Waals surface area contributed by atoms with E-state index in [0.717, 1.165) is 24.0 Å². The average molecular weight is 263 g/mol. The van der Waals surface area contributed by atoms with E-state index in [1.54, 1.807) is 7.11 Å². The van der Waals surface area contributed by atoms with E-state index in [-0.39, 0.29) is 0 Å². The Kier molecular flexibility index (Phi) is 5.52. The van der Waals surface area contributed by atoms with Crippen LogP contribution in [0.2, 0.25) is 0 Å². The van der Waals surface area contributed by atoms with Gasteiger partial charge in [-0.1, -0.05) is 12.8 Å². The molecule has 1 saturated carbocycles. The summed E-state index contributed by atoms with van der Waals surface area (Å²) < 4.78 is 10.8. The molecule has 1 atom stereocenters. The highest BCUT2D eigenvalue weighted by Crippen LogP contribution is 2.27. The zero-order chi connectivity index (χ0) is 13.5. The normalized spacial score (nSPS) is 17.4. The molecule has 3 nitrogen and oxygen atoms in total. The van der Waals surface area contributed by atoms with E-state index >= 15 is 0 Å². The van der Waals surface area contributed by atoms with Gasteiger partial charge in [-0.3, -0.25) is 0 Å². The van der Waals surface area contributed by atoms with Gasteiger partial charge >= 0.3 is 0 Å². The monoisotopic (exact) mass is 263 g/mol. The van der Waals surface area contributed by atoms with Crippen molar-refractivity contribution in [3.8, 4) is 11.5 Å². The molecule has 0 heterocycles. The van der Waals surface area contributed by atoms with E-state index < -0.39 is 0 Å². The van der Waals surface area contributed by atoms with Crippen LogP contribution in [0.15, 0.2) is 24.3 Å². The first-order valence-corrected chi connectivity index (χ1v) is 7.30. The number of benzene rings is 1. The molecule has 1 aromatic carbocycles. The summed E-state index contributed by atoms with van der Waals surface area (Å²) in [6.07, 6.45) is 5.57. The van der Waals surface area contributed by atoms with Gasteiger partial charge in [-0.2, -0.15) is 0 Å². The second-order valence-corrected chi connectivity index (χ2v) is 5.31. The van der Waals surface area contributed by atoms with Gasteiger partial charge in [0.25, 0.3) is 0 Å². The van der Waals surface area contributed by atoms with Gasteiger partial charge in [0.1, 0.15) is 18.1 Å². The standard InChI is InChI=1S/C16H25NO2/c1-13(14-5-3-4-6-14)17-11-12-19-16-9-7-15(18-2)8-10-16/h7-10,13-14,17H,3-6,11-12H2,1-2H3. The summed E-state index contributed by atoms with van der Waals surface area (Å²) in [4.78, 5) is 0. The van der Waals surface area contributed by atoms with Crippen molar-refractivity contribution < 1.29 is 9.47 Å². The van der Waals surface area contributed by atoms with Crippen molar-refractivity contribution in [2.24, 2.45) is 5.92 Å². The van der Waals surface area contributed by atoms with Crippen molar-refractivity contribution in [2.75, 3.05) is 20.3 Å². The Morgan fingerprint density at radius 2 is 1.79 bits per heavy atom. The maximum Gasteiger partial charge on any atom is 0.119 e. The molecule has 2 rings (SSSR count). The molecule has 19 heavy (non-hydrogen) atoms. The van der Waals surface area contributed by atoms with Gasteiger partial charge in [0.05, 0.1) is 7.11 Å². The second-order valence-electron chi connectivity index (χ2n) is 5.31. The number of hydrogen-bond donors (Lipinski definition) is 1. The van der Waals surface area contributed by atoms with Gasteiger partial charge in [0.2, 0.25) is 0 Å². The Morgan fingerprint density at radius 3 is 2.42 bits per heavy atom. The quantitative estimate of drug-likeness (QED) is 0.766. The fraction of sp³-hybridized carbons (Fsp3) is 0.625. The Morgan fingerprint density at radius 1 is 1.16 bits per heavy atom. The lowest BCUT2D eigenvalue weighted by Crippen LogP contribution is -2.35. The summed E-state index contributed by atoms with van der Waals surface area (Å²) in [5.41, 5.74) is 0. The van der Waals surface area contributed by atoms with E-state index in [9.17, 15) is 0 Å². The Labute approximate surface area is 116 Å². The summed E-state index contributed by atoms with van der Waals surface area (Å²) in [5, 5.41) is 3.57. The van der Waals surface area contributed by atoms with Crippen LogP contribution in [0, 0.1) is 5.92 Å². The third-order valence-electron chi connectivity index (χ3n) is 4.00. The van der Waals surface area contributed by atoms with E-state index in [2.05, 4.69) is 12.2 Å². The van der Waals surface area contributed by atoms with E-state index in [1.807, 2.05) is 24.3 Å². The summed E-state index contributed by atoms with van der Waals surface area (Å²) in [7, 11) is 1.67. The number of rotatable bonds is 7. The molecule has 3 heteroatoms. The van der Waals surface area contributed by atoms with Crippen LogP contribution in [0.4, 0.5) is 0 Å². The topological polar surface area (TPSA) is 30.5 Å². The van der Waals surface area contributed by atoms with Crippen LogP contribution in [0.25, 0.3) is 0 Å². The highest BCUT2D eigenvalue weighted by molar-refractivity contribution is 5.31. The zero-order valence-electron chi connectivity index (χ0n) is 12.0. The molecular formula is C16H25NO2. The minimum atomic E-state index is 0.613. The first-order valence-electron chi connectivity index (χ1n) is 7.30. The molecule has 0 amide bonds. The van der Waals surface area contributed by atoms with Crippen molar-refractivity contribution in [2.45, 2.75) is 38.6 Å². The maximum absolute atomic E-state index is 5.70. The first-order chi connectivity index (χ1) is 9.29. The van der Waals surface area contributed by atoms with Gasteiger partial charge in [0.15, 0.2) is 0 Å². The molecule has 0 saturated heterocycles. The van der Waals surface area contributed by atoms with E-state index in [4.69, 9.17) is 9.47 Å². The smallest absolute Gasteiger partial charge is 0.119 e. The Bertz CT molecular complexity index is 358.